The first kappa shape index (κ1) is 8.45. The van der Waals surface area contributed by atoms with Crippen LogP contribution in [0.15, 0.2) is 18.3 Å². The van der Waals surface area contributed by atoms with E-state index in [1.807, 2.05) is 0 Å². The summed E-state index contributed by atoms with van der Waals surface area (Å²) in [7, 11) is 1.12. The maximum atomic E-state index is 12.5. The van der Waals surface area contributed by atoms with Gasteiger partial charge in [0.25, 0.3) is 0 Å². The van der Waals surface area contributed by atoms with E-state index in [1.165, 1.54) is 0 Å². The molecule has 0 radical (unpaired) electrons. The maximum Gasteiger partial charge on any atom is 0.404 e. The Bertz CT molecular complexity index is 314. The number of carbonyl (C=O) groups is 1. The van der Waals surface area contributed by atoms with Crippen LogP contribution in [0.2, 0.25) is 0 Å². The molecule has 0 N–H and O–H groups in total. The van der Waals surface area contributed by atoms with Crippen molar-refractivity contribution in [3.63, 3.8) is 0 Å². The third-order valence-electron chi connectivity index (χ3n) is 1.28. The number of hydrogen-bond donors (Lipinski definition) is 0. The molecule has 64 valence electrons. The Morgan fingerprint density at radius 3 is 3.00 bits per heavy atom. The molecule has 0 fully saturated rings. The summed E-state index contributed by atoms with van der Waals surface area (Å²) in [6.07, 6.45) is 0.904. The van der Waals surface area contributed by atoms with Crippen molar-refractivity contribution in [1.82, 2.24) is 0 Å². The first-order valence-electron chi connectivity index (χ1n) is 3.12. The lowest BCUT2D eigenvalue weighted by Gasteiger charge is -2.00. The Hall–Kier alpha value is -1.65. The minimum atomic E-state index is -0.857. The second-order valence-corrected chi connectivity index (χ2v) is 2.05. The predicted molar refractivity (Wildman–Crippen MR) is 36.7 cm³/mol. The van der Waals surface area contributed by atoms with Crippen molar-refractivity contribution in [2.45, 2.75) is 0 Å². The Labute approximate surface area is 67.8 Å². The molecule has 0 saturated heterocycles. The predicted octanol–water partition coefficient (Wildman–Crippen LogP) is 0.246. The van der Waals surface area contributed by atoms with Crippen molar-refractivity contribution in [3.8, 4) is 0 Å². The quantitative estimate of drug-likeness (QED) is 0.345. The summed E-state index contributed by atoms with van der Waals surface area (Å²) in [5.74, 6) is -1.51. The van der Waals surface area contributed by atoms with Crippen LogP contribution < -0.4 is 4.73 Å². The van der Waals surface area contributed by atoms with E-state index in [-0.39, 0.29) is 10.4 Å². The molecule has 0 aliphatic heterocycles. The lowest BCUT2D eigenvalue weighted by molar-refractivity contribution is -0.608. The van der Waals surface area contributed by atoms with Gasteiger partial charge in [0.2, 0.25) is 0 Å². The molecule has 5 heteroatoms. The van der Waals surface area contributed by atoms with Gasteiger partial charge in [0.1, 0.15) is 5.82 Å². The smallest absolute Gasteiger partial charge is 0.404 e. The van der Waals surface area contributed by atoms with Crippen LogP contribution in [-0.4, -0.2) is 13.1 Å². The summed E-state index contributed by atoms with van der Waals surface area (Å²) in [5, 5.41) is 10.8. The van der Waals surface area contributed by atoms with Gasteiger partial charge >= 0.3 is 11.7 Å². The highest BCUT2D eigenvalue weighted by Crippen LogP contribution is 1.98. The summed E-state index contributed by atoms with van der Waals surface area (Å²) in [4.78, 5) is 10.8. The van der Waals surface area contributed by atoms with Gasteiger partial charge < -0.3 is 9.94 Å². The number of rotatable bonds is 1. The first-order valence-corrected chi connectivity index (χ1v) is 3.12. The zero-order chi connectivity index (χ0) is 9.14. The normalized spacial score (nSPS) is 9.50. The Morgan fingerprint density at radius 1 is 1.75 bits per heavy atom. The summed E-state index contributed by atoms with van der Waals surface area (Å²) in [5.41, 5.74) is -0.363. The van der Waals surface area contributed by atoms with E-state index in [0.29, 0.717) is 0 Å². The van der Waals surface area contributed by atoms with Gasteiger partial charge in [0.15, 0.2) is 6.20 Å². The van der Waals surface area contributed by atoms with Gasteiger partial charge in [0.05, 0.1) is 13.2 Å². The highest BCUT2D eigenvalue weighted by atomic mass is 19.1. The molecule has 1 aromatic rings. The summed E-state index contributed by atoms with van der Waals surface area (Å²) >= 11 is 0. The largest absolute Gasteiger partial charge is 0.618 e. The fourth-order valence-corrected chi connectivity index (χ4v) is 0.715. The van der Waals surface area contributed by atoms with Gasteiger partial charge in [-0.3, -0.25) is 0 Å². The molecule has 1 aromatic heterocycles. The van der Waals surface area contributed by atoms with Crippen LogP contribution in [0.4, 0.5) is 4.39 Å². The third-order valence-corrected chi connectivity index (χ3v) is 1.28. The van der Waals surface area contributed by atoms with E-state index < -0.39 is 11.8 Å². The molecule has 0 spiro atoms. The summed E-state index contributed by atoms with van der Waals surface area (Å²) in [6, 6.07) is 1.78. The maximum absolute atomic E-state index is 12.5. The van der Waals surface area contributed by atoms with Gasteiger partial charge in [-0.15, -0.1) is 0 Å². The average molecular weight is 171 g/mol. The van der Waals surface area contributed by atoms with Crippen LogP contribution in [-0.2, 0) is 4.74 Å². The molecule has 0 unspecified atom stereocenters. The summed E-state index contributed by atoms with van der Waals surface area (Å²) in [6.45, 7) is 0. The van der Waals surface area contributed by atoms with Crippen molar-refractivity contribution in [2.24, 2.45) is 0 Å². The van der Waals surface area contributed by atoms with Crippen LogP contribution in [0.5, 0.6) is 0 Å². The molecule has 0 atom stereocenters. The van der Waals surface area contributed by atoms with Gasteiger partial charge in [0, 0.05) is 6.07 Å². The lowest BCUT2D eigenvalue weighted by atomic mass is 10.3. The van der Waals surface area contributed by atoms with Crippen LogP contribution in [0.25, 0.3) is 0 Å². The standard InChI is InChI=1S/C7H6FNO3/c1-12-7(10)6-4-5(8)2-3-9(6)11/h2-4H,1H3. The monoisotopic (exact) mass is 171 g/mol. The van der Waals surface area contributed by atoms with E-state index in [4.69, 9.17) is 0 Å². The Morgan fingerprint density at radius 2 is 2.42 bits per heavy atom. The number of esters is 1. The van der Waals surface area contributed by atoms with Crippen molar-refractivity contribution in [3.05, 3.63) is 35.0 Å². The molecule has 0 saturated carbocycles. The minimum absolute atomic E-state index is 0.245. The van der Waals surface area contributed by atoms with Crippen LogP contribution in [0.3, 0.4) is 0 Å². The van der Waals surface area contributed by atoms with Gasteiger partial charge in [-0.2, -0.15) is 4.73 Å². The highest BCUT2D eigenvalue weighted by Gasteiger charge is 2.16. The molecule has 1 rings (SSSR count). The zero-order valence-corrected chi connectivity index (χ0v) is 6.28. The van der Waals surface area contributed by atoms with E-state index in [2.05, 4.69) is 4.74 Å². The SMILES string of the molecule is COC(=O)c1cc(F)cc[n+]1[O-]. The topological polar surface area (TPSA) is 53.2 Å². The second kappa shape index (κ2) is 3.17. The van der Waals surface area contributed by atoms with E-state index >= 15 is 0 Å². The molecule has 4 nitrogen and oxygen atoms in total. The van der Waals surface area contributed by atoms with Crippen LogP contribution >= 0.6 is 0 Å². The fraction of sp³-hybridized carbons (Fsp3) is 0.143. The number of hydrogen-bond acceptors (Lipinski definition) is 3. The molecular formula is C7H6FNO3. The lowest BCUT2D eigenvalue weighted by Crippen LogP contribution is -2.34. The number of ether oxygens (including phenoxy) is 1. The van der Waals surface area contributed by atoms with Crippen LogP contribution in [0, 0.1) is 11.0 Å². The molecule has 0 aromatic carbocycles. The number of carbonyl (C=O) groups excluding carboxylic acids is 1. The first-order chi connectivity index (χ1) is 5.65. The fourth-order valence-electron chi connectivity index (χ4n) is 0.715. The van der Waals surface area contributed by atoms with Gasteiger partial charge in [-0.25, -0.2) is 9.18 Å². The summed E-state index contributed by atoms with van der Waals surface area (Å²) < 4.78 is 17.0. The van der Waals surface area contributed by atoms with E-state index in [9.17, 15) is 14.4 Å². The van der Waals surface area contributed by atoms with E-state index in [0.717, 1.165) is 25.4 Å². The Kier molecular flexibility index (Phi) is 2.23. The molecule has 0 aliphatic rings. The number of nitrogens with zero attached hydrogens (tertiary/aromatic N) is 1. The van der Waals surface area contributed by atoms with Gasteiger partial charge in [-0.05, 0) is 0 Å². The number of pyridine rings is 1. The molecule has 12 heavy (non-hydrogen) atoms. The van der Waals surface area contributed by atoms with Crippen molar-refractivity contribution in [1.29, 1.82) is 0 Å². The number of halogens is 1. The number of aromatic nitrogens is 1. The second-order valence-electron chi connectivity index (χ2n) is 2.05. The van der Waals surface area contributed by atoms with Crippen molar-refractivity contribution >= 4 is 5.97 Å². The van der Waals surface area contributed by atoms with Crippen LogP contribution in [0.1, 0.15) is 10.5 Å². The molecule has 0 bridgehead atoms. The van der Waals surface area contributed by atoms with E-state index in [1.54, 1.807) is 0 Å². The third kappa shape index (κ3) is 1.50. The van der Waals surface area contributed by atoms with Crippen molar-refractivity contribution in [2.75, 3.05) is 7.11 Å². The highest BCUT2D eigenvalue weighted by molar-refractivity contribution is 5.85. The molecule has 1 heterocycles. The van der Waals surface area contributed by atoms with Gasteiger partial charge in [-0.1, -0.05) is 0 Å². The zero-order valence-electron chi connectivity index (χ0n) is 6.28. The number of methoxy groups -OCH3 is 1. The van der Waals surface area contributed by atoms with Crippen molar-refractivity contribution < 1.29 is 18.7 Å². The average Bonchev–Trinajstić information content (AvgIpc) is 2.08. The molecule has 0 amide bonds. The minimum Gasteiger partial charge on any atom is -0.618 e. The Balaban J connectivity index is 3.13. The molecular weight excluding hydrogens is 165 g/mol. The molecule has 0 aliphatic carbocycles.